The number of likely N-dealkylation sites (N-methyl/N-ethyl adjacent to an activating group) is 1. The number of nitrogens with two attached hydrogens (primary N) is 2. The van der Waals surface area contributed by atoms with E-state index in [2.05, 4.69) is 0 Å². The fourth-order valence-electron chi connectivity index (χ4n) is 1.76. The molecule has 0 aromatic heterocycles. The van der Waals surface area contributed by atoms with Crippen LogP contribution in [0.4, 0.5) is 5.69 Å². The van der Waals surface area contributed by atoms with E-state index in [-0.39, 0.29) is 0 Å². The van der Waals surface area contributed by atoms with Crippen LogP contribution in [0.15, 0.2) is 29.8 Å². The van der Waals surface area contributed by atoms with E-state index in [0.29, 0.717) is 5.57 Å². The van der Waals surface area contributed by atoms with E-state index in [1.165, 1.54) is 0 Å². The lowest BCUT2D eigenvalue weighted by atomic mass is 10.0. The number of benzene rings is 1. The standard InChI is InChI=1S/C11H13N3O/c1-14-9-5-3-2-4-7(9)6-8(10(14)12)11(13)15/h2-6,10H,12H2,1H3,(H2,13,15). The van der Waals surface area contributed by atoms with E-state index in [0.717, 1.165) is 11.3 Å². The summed E-state index contributed by atoms with van der Waals surface area (Å²) in [5, 5.41) is 0. The van der Waals surface area contributed by atoms with E-state index >= 15 is 0 Å². The summed E-state index contributed by atoms with van der Waals surface area (Å²) in [4.78, 5) is 13.0. The van der Waals surface area contributed by atoms with Gasteiger partial charge < -0.3 is 16.4 Å². The van der Waals surface area contributed by atoms with Gasteiger partial charge in [0.25, 0.3) is 0 Å². The van der Waals surface area contributed by atoms with Gasteiger partial charge in [0.05, 0.1) is 5.57 Å². The highest BCUT2D eigenvalue weighted by Gasteiger charge is 2.25. The van der Waals surface area contributed by atoms with Crippen LogP contribution in [0.5, 0.6) is 0 Å². The van der Waals surface area contributed by atoms with Gasteiger partial charge in [-0.2, -0.15) is 0 Å². The van der Waals surface area contributed by atoms with Crippen LogP contribution in [0.25, 0.3) is 6.08 Å². The number of para-hydroxylation sites is 1. The minimum Gasteiger partial charge on any atom is -0.366 e. The average Bonchev–Trinajstić information content (AvgIpc) is 2.23. The first-order valence-corrected chi connectivity index (χ1v) is 4.70. The Hall–Kier alpha value is -1.81. The third-order valence-corrected chi connectivity index (χ3v) is 2.65. The van der Waals surface area contributed by atoms with Crippen molar-refractivity contribution < 1.29 is 4.79 Å². The summed E-state index contributed by atoms with van der Waals surface area (Å²) < 4.78 is 0. The van der Waals surface area contributed by atoms with Crippen molar-refractivity contribution in [3.8, 4) is 0 Å². The number of anilines is 1. The molecule has 0 bridgehead atoms. The summed E-state index contributed by atoms with van der Waals surface area (Å²) in [5.74, 6) is -0.469. The topological polar surface area (TPSA) is 72.3 Å². The molecule has 1 heterocycles. The van der Waals surface area contributed by atoms with Gasteiger partial charge in [-0.05, 0) is 17.7 Å². The molecule has 1 unspecified atom stereocenters. The predicted octanol–water partition coefficient (Wildman–Crippen LogP) is 0.290. The van der Waals surface area contributed by atoms with Crippen molar-refractivity contribution in [3.63, 3.8) is 0 Å². The number of hydrogen-bond acceptors (Lipinski definition) is 3. The Morgan fingerprint density at radius 2 is 2.07 bits per heavy atom. The lowest BCUT2D eigenvalue weighted by Crippen LogP contribution is -2.46. The number of rotatable bonds is 1. The summed E-state index contributed by atoms with van der Waals surface area (Å²) >= 11 is 0. The molecule has 0 spiro atoms. The molecular weight excluding hydrogens is 190 g/mol. The van der Waals surface area contributed by atoms with E-state index in [1.807, 2.05) is 36.2 Å². The fourth-order valence-corrected chi connectivity index (χ4v) is 1.76. The van der Waals surface area contributed by atoms with Gasteiger partial charge in [0, 0.05) is 12.7 Å². The van der Waals surface area contributed by atoms with Gasteiger partial charge in [-0.25, -0.2) is 0 Å². The first-order chi connectivity index (χ1) is 7.11. The zero-order chi connectivity index (χ0) is 11.0. The molecule has 4 nitrogen and oxygen atoms in total. The minimum atomic E-state index is -0.469. The molecule has 0 radical (unpaired) electrons. The maximum Gasteiger partial charge on any atom is 0.248 e. The summed E-state index contributed by atoms with van der Waals surface area (Å²) in [5.41, 5.74) is 13.6. The normalized spacial score (nSPS) is 19.5. The Morgan fingerprint density at radius 1 is 1.40 bits per heavy atom. The number of fused-ring (bicyclic) bond motifs is 1. The Balaban J connectivity index is 2.57. The molecule has 2 rings (SSSR count). The fraction of sp³-hybridized carbons (Fsp3) is 0.182. The first-order valence-electron chi connectivity index (χ1n) is 4.70. The zero-order valence-electron chi connectivity index (χ0n) is 8.47. The van der Waals surface area contributed by atoms with Crippen LogP contribution in [0.2, 0.25) is 0 Å². The Bertz CT molecular complexity index is 439. The van der Waals surface area contributed by atoms with Crippen molar-refractivity contribution in [2.75, 3.05) is 11.9 Å². The molecule has 1 aromatic carbocycles. The monoisotopic (exact) mass is 203 g/mol. The smallest absolute Gasteiger partial charge is 0.248 e. The Kier molecular flexibility index (Phi) is 2.21. The molecule has 1 aliphatic heterocycles. The van der Waals surface area contributed by atoms with Crippen molar-refractivity contribution in [2.45, 2.75) is 6.17 Å². The van der Waals surface area contributed by atoms with Crippen LogP contribution < -0.4 is 16.4 Å². The lowest BCUT2D eigenvalue weighted by molar-refractivity contribution is -0.114. The highest BCUT2D eigenvalue weighted by Crippen LogP contribution is 2.29. The number of nitrogens with zero attached hydrogens (tertiary/aromatic N) is 1. The predicted molar refractivity (Wildman–Crippen MR) is 60.0 cm³/mol. The molecule has 1 aliphatic rings. The van der Waals surface area contributed by atoms with Crippen molar-refractivity contribution in [2.24, 2.45) is 11.5 Å². The van der Waals surface area contributed by atoms with E-state index < -0.39 is 12.1 Å². The van der Waals surface area contributed by atoms with Crippen LogP contribution in [-0.4, -0.2) is 19.1 Å². The zero-order valence-corrected chi connectivity index (χ0v) is 8.47. The summed E-state index contributed by atoms with van der Waals surface area (Å²) in [6.45, 7) is 0. The molecule has 78 valence electrons. The molecule has 0 aliphatic carbocycles. The molecule has 0 saturated heterocycles. The van der Waals surface area contributed by atoms with Crippen molar-refractivity contribution in [3.05, 3.63) is 35.4 Å². The molecule has 1 amide bonds. The van der Waals surface area contributed by atoms with Gasteiger partial charge in [0.1, 0.15) is 6.17 Å². The maximum atomic E-state index is 11.2. The van der Waals surface area contributed by atoms with E-state index in [1.54, 1.807) is 6.08 Å². The highest BCUT2D eigenvalue weighted by atomic mass is 16.1. The second-order valence-electron chi connectivity index (χ2n) is 3.58. The van der Waals surface area contributed by atoms with Gasteiger partial charge in [-0.15, -0.1) is 0 Å². The third-order valence-electron chi connectivity index (χ3n) is 2.65. The second kappa shape index (κ2) is 3.40. The van der Waals surface area contributed by atoms with Gasteiger partial charge >= 0.3 is 0 Å². The minimum absolute atomic E-state index is 0.441. The summed E-state index contributed by atoms with van der Waals surface area (Å²) in [6.07, 6.45) is 1.29. The summed E-state index contributed by atoms with van der Waals surface area (Å²) in [7, 11) is 1.85. The largest absolute Gasteiger partial charge is 0.366 e. The molecule has 0 saturated carbocycles. The number of carbonyl (C=O) groups is 1. The SMILES string of the molecule is CN1c2ccccc2C=C(C(N)=O)C1N. The van der Waals surface area contributed by atoms with E-state index in [9.17, 15) is 4.79 Å². The number of primary amides is 1. The highest BCUT2D eigenvalue weighted by molar-refractivity contribution is 6.00. The van der Waals surface area contributed by atoms with E-state index in [4.69, 9.17) is 11.5 Å². The average molecular weight is 203 g/mol. The lowest BCUT2D eigenvalue weighted by Gasteiger charge is -2.32. The van der Waals surface area contributed by atoms with Crippen LogP contribution in [-0.2, 0) is 4.79 Å². The quantitative estimate of drug-likeness (QED) is 0.689. The molecule has 4 heteroatoms. The molecule has 1 aromatic rings. The number of carbonyl (C=O) groups excluding carboxylic acids is 1. The van der Waals surface area contributed by atoms with Gasteiger partial charge in [0.15, 0.2) is 0 Å². The molecule has 4 N–H and O–H groups in total. The van der Waals surface area contributed by atoms with Gasteiger partial charge in [-0.1, -0.05) is 18.2 Å². The van der Waals surface area contributed by atoms with Crippen LogP contribution in [0, 0.1) is 0 Å². The Labute approximate surface area is 88.2 Å². The first kappa shape index (κ1) is 9.73. The third kappa shape index (κ3) is 1.49. The molecule has 0 fully saturated rings. The summed E-state index contributed by atoms with van der Waals surface area (Å²) in [6, 6.07) is 7.74. The van der Waals surface area contributed by atoms with Crippen molar-refractivity contribution in [1.29, 1.82) is 0 Å². The molecule has 1 atom stereocenters. The van der Waals surface area contributed by atoms with Crippen LogP contribution >= 0.6 is 0 Å². The maximum absolute atomic E-state index is 11.2. The van der Waals surface area contributed by atoms with Crippen LogP contribution in [0.1, 0.15) is 5.56 Å². The van der Waals surface area contributed by atoms with Gasteiger partial charge in [0.2, 0.25) is 5.91 Å². The second-order valence-corrected chi connectivity index (χ2v) is 3.58. The number of hydrogen-bond donors (Lipinski definition) is 2. The Morgan fingerprint density at radius 3 is 2.73 bits per heavy atom. The van der Waals surface area contributed by atoms with Crippen LogP contribution in [0.3, 0.4) is 0 Å². The number of amides is 1. The molecule has 15 heavy (non-hydrogen) atoms. The van der Waals surface area contributed by atoms with Crippen molar-refractivity contribution in [1.82, 2.24) is 0 Å². The van der Waals surface area contributed by atoms with Gasteiger partial charge in [-0.3, -0.25) is 4.79 Å². The van der Waals surface area contributed by atoms with Crippen molar-refractivity contribution >= 4 is 17.7 Å². The molecular formula is C11H13N3O.